The van der Waals surface area contributed by atoms with E-state index in [0.29, 0.717) is 4.48 Å². The molecule has 1 aromatic rings. The highest BCUT2D eigenvalue weighted by molar-refractivity contribution is 7.76. The number of aromatic nitrogens is 1. The first-order chi connectivity index (χ1) is 8.33. The average Bonchev–Trinajstić information content (AvgIpc) is 2.69. The maximum atomic E-state index is 5.40. The standard InChI is InChI=1S/C12H14N4S/c17-12-15-14-11(10-4-6-13-7-5-10)16(12)8-2-1-3-9-16/h4-7H,1-3,8-9H2. The Labute approximate surface area is 106 Å². The number of rotatable bonds is 1. The molecule has 2 aliphatic rings. The average molecular weight is 246 g/mol. The molecule has 0 bridgehead atoms. The molecule has 88 valence electrons. The zero-order chi connectivity index (χ0) is 11.7. The summed E-state index contributed by atoms with van der Waals surface area (Å²) >= 11 is 5.40. The summed E-state index contributed by atoms with van der Waals surface area (Å²) in [5.41, 5.74) is 1.09. The van der Waals surface area contributed by atoms with Crippen molar-refractivity contribution < 1.29 is 4.48 Å². The van der Waals surface area contributed by atoms with Gasteiger partial charge in [0.05, 0.1) is 18.7 Å². The summed E-state index contributed by atoms with van der Waals surface area (Å²) in [6, 6.07) is 3.97. The Morgan fingerprint density at radius 3 is 2.41 bits per heavy atom. The fourth-order valence-corrected chi connectivity index (χ4v) is 2.92. The molecule has 0 amide bonds. The maximum Gasteiger partial charge on any atom is 0.259 e. The van der Waals surface area contributed by atoms with Crippen LogP contribution in [0.3, 0.4) is 0 Å². The zero-order valence-electron chi connectivity index (χ0n) is 9.54. The van der Waals surface area contributed by atoms with Gasteiger partial charge in [-0.3, -0.25) is 4.98 Å². The van der Waals surface area contributed by atoms with Gasteiger partial charge in [0.2, 0.25) is 0 Å². The molecular weight excluding hydrogens is 232 g/mol. The minimum absolute atomic E-state index is 0.680. The molecule has 0 radical (unpaired) electrons. The Bertz CT molecular complexity index is 475. The molecule has 0 saturated carbocycles. The molecule has 1 aromatic heterocycles. The first-order valence-electron chi connectivity index (χ1n) is 5.94. The third-order valence-electron chi connectivity index (χ3n) is 3.52. The number of quaternary nitrogens is 1. The van der Waals surface area contributed by atoms with E-state index >= 15 is 0 Å². The van der Waals surface area contributed by atoms with Crippen LogP contribution in [0.15, 0.2) is 34.7 Å². The quantitative estimate of drug-likeness (QED) is 0.558. The molecule has 17 heavy (non-hydrogen) atoms. The monoisotopic (exact) mass is 246 g/mol. The highest BCUT2D eigenvalue weighted by atomic mass is 32.1. The molecule has 0 aromatic carbocycles. The Kier molecular flexibility index (Phi) is 2.64. The van der Waals surface area contributed by atoms with Crippen LogP contribution in [0.5, 0.6) is 0 Å². The fraction of sp³-hybridized carbons (Fsp3) is 0.417. The smallest absolute Gasteiger partial charge is 0.259 e. The molecule has 1 saturated heterocycles. The molecule has 0 unspecified atom stereocenters. The van der Waals surface area contributed by atoms with Crippen LogP contribution in [0.25, 0.3) is 0 Å². The lowest BCUT2D eigenvalue weighted by molar-refractivity contribution is -0.747. The summed E-state index contributed by atoms with van der Waals surface area (Å²) in [6.07, 6.45) is 7.26. The molecule has 0 N–H and O–H groups in total. The second-order valence-electron chi connectivity index (χ2n) is 4.52. The summed E-state index contributed by atoms with van der Waals surface area (Å²) in [7, 11) is 0. The summed E-state index contributed by atoms with van der Waals surface area (Å²) in [5.74, 6) is 0.997. The number of hydrogen-bond acceptors (Lipinski definition) is 4. The SMILES string of the molecule is [S-]C1=NN=C(c2ccncc2)[N+]12CCCCC2. The van der Waals surface area contributed by atoms with Crippen LogP contribution in [0, 0.1) is 0 Å². The van der Waals surface area contributed by atoms with Gasteiger partial charge in [0.15, 0.2) is 0 Å². The number of pyridine rings is 1. The van der Waals surface area contributed by atoms with Gasteiger partial charge in [-0.25, -0.2) is 4.48 Å². The highest BCUT2D eigenvalue weighted by Crippen LogP contribution is 2.27. The van der Waals surface area contributed by atoms with Gasteiger partial charge in [0.1, 0.15) is 5.17 Å². The largest absolute Gasteiger partial charge is 0.698 e. The number of amidine groups is 2. The normalized spacial score (nSPS) is 22.4. The van der Waals surface area contributed by atoms with Crippen LogP contribution in [0.2, 0.25) is 0 Å². The minimum atomic E-state index is 0.680. The van der Waals surface area contributed by atoms with E-state index in [2.05, 4.69) is 15.2 Å². The van der Waals surface area contributed by atoms with Gasteiger partial charge in [0.25, 0.3) is 5.84 Å². The van der Waals surface area contributed by atoms with Crippen LogP contribution in [0.4, 0.5) is 0 Å². The predicted molar refractivity (Wildman–Crippen MR) is 69.4 cm³/mol. The summed E-state index contributed by atoms with van der Waals surface area (Å²) in [5, 5.41) is 9.17. The van der Waals surface area contributed by atoms with Gasteiger partial charge in [-0.05, 0) is 31.4 Å². The van der Waals surface area contributed by atoms with Gasteiger partial charge in [0, 0.05) is 12.4 Å². The van der Waals surface area contributed by atoms with Crippen LogP contribution in [-0.2, 0) is 12.6 Å². The minimum Gasteiger partial charge on any atom is -0.698 e. The molecular formula is C12H14N4S. The lowest BCUT2D eigenvalue weighted by atomic mass is 10.1. The summed E-state index contributed by atoms with van der Waals surface area (Å²) in [6.45, 7) is 2.06. The third-order valence-corrected chi connectivity index (χ3v) is 3.95. The Morgan fingerprint density at radius 1 is 1.00 bits per heavy atom. The van der Waals surface area contributed by atoms with E-state index in [-0.39, 0.29) is 0 Å². The Morgan fingerprint density at radius 2 is 1.71 bits per heavy atom. The lowest BCUT2D eigenvalue weighted by Gasteiger charge is -2.40. The first kappa shape index (κ1) is 10.8. The van der Waals surface area contributed by atoms with Crippen molar-refractivity contribution in [2.24, 2.45) is 10.2 Å². The second kappa shape index (κ2) is 4.16. The zero-order valence-corrected chi connectivity index (χ0v) is 10.4. The van der Waals surface area contributed by atoms with E-state index in [1.54, 1.807) is 12.4 Å². The van der Waals surface area contributed by atoms with Gasteiger partial charge in [-0.2, -0.15) is 0 Å². The number of piperidine rings is 1. The van der Waals surface area contributed by atoms with Crippen LogP contribution >= 0.6 is 0 Å². The van der Waals surface area contributed by atoms with E-state index in [4.69, 9.17) is 12.6 Å². The summed E-state index contributed by atoms with van der Waals surface area (Å²) in [4.78, 5) is 4.04. The van der Waals surface area contributed by atoms with E-state index < -0.39 is 0 Å². The van der Waals surface area contributed by atoms with Crippen LogP contribution in [-0.4, -0.2) is 33.6 Å². The van der Waals surface area contributed by atoms with Crippen molar-refractivity contribution >= 4 is 23.6 Å². The van der Waals surface area contributed by atoms with Crippen molar-refractivity contribution in [1.29, 1.82) is 0 Å². The number of nitrogens with zero attached hydrogens (tertiary/aromatic N) is 4. The van der Waals surface area contributed by atoms with Crippen LogP contribution in [0.1, 0.15) is 24.8 Å². The fourth-order valence-electron chi connectivity index (χ4n) is 2.61. The van der Waals surface area contributed by atoms with E-state index in [0.717, 1.165) is 29.7 Å². The third kappa shape index (κ3) is 1.66. The van der Waals surface area contributed by atoms with Gasteiger partial charge in [-0.15, -0.1) is 5.10 Å². The lowest BCUT2D eigenvalue weighted by Crippen LogP contribution is -2.57. The van der Waals surface area contributed by atoms with Crippen LogP contribution < -0.4 is 0 Å². The molecule has 3 rings (SSSR count). The predicted octanol–water partition coefficient (Wildman–Crippen LogP) is 1.66. The van der Waals surface area contributed by atoms with Crippen molar-refractivity contribution in [2.45, 2.75) is 19.3 Å². The van der Waals surface area contributed by atoms with Gasteiger partial charge in [-0.1, -0.05) is 5.10 Å². The second-order valence-corrected chi connectivity index (χ2v) is 4.88. The number of hydrogen-bond donors (Lipinski definition) is 0. The van der Waals surface area contributed by atoms with Crippen molar-refractivity contribution in [1.82, 2.24) is 4.98 Å². The highest BCUT2D eigenvalue weighted by Gasteiger charge is 2.40. The van der Waals surface area contributed by atoms with Crippen molar-refractivity contribution in [2.75, 3.05) is 13.1 Å². The molecule has 0 atom stereocenters. The van der Waals surface area contributed by atoms with E-state index in [1.165, 1.54) is 19.3 Å². The van der Waals surface area contributed by atoms with E-state index in [1.807, 2.05) is 12.1 Å². The molecule has 1 spiro atoms. The molecule has 2 aliphatic heterocycles. The van der Waals surface area contributed by atoms with E-state index in [9.17, 15) is 0 Å². The first-order valence-corrected chi connectivity index (χ1v) is 6.35. The van der Waals surface area contributed by atoms with Gasteiger partial charge < -0.3 is 12.6 Å². The molecule has 1 fully saturated rings. The van der Waals surface area contributed by atoms with Gasteiger partial charge >= 0.3 is 0 Å². The maximum absolute atomic E-state index is 5.40. The Balaban J connectivity index is 2.01. The molecule has 5 heteroatoms. The Hall–Kier alpha value is -1.33. The van der Waals surface area contributed by atoms with Crippen molar-refractivity contribution in [3.8, 4) is 0 Å². The molecule has 0 aliphatic carbocycles. The molecule has 4 nitrogen and oxygen atoms in total. The van der Waals surface area contributed by atoms with Crippen molar-refractivity contribution in [3.63, 3.8) is 0 Å². The summed E-state index contributed by atoms with van der Waals surface area (Å²) < 4.78 is 0.680. The van der Waals surface area contributed by atoms with Crippen molar-refractivity contribution in [3.05, 3.63) is 30.1 Å². The topological polar surface area (TPSA) is 37.6 Å². The molecule has 3 heterocycles.